The maximum atomic E-state index is 11.5. The van der Waals surface area contributed by atoms with Crippen LogP contribution in [0.4, 0.5) is 0 Å². The lowest BCUT2D eigenvalue weighted by molar-refractivity contribution is -0.139. The van der Waals surface area contributed by atoms with Gasteiger partial charge in [-0.3, -0.25) is 0 Å². The molecule has 0 aliphatic heterocycles. The van der Waals surface area contributed by atoms with Crippen LogP contribution in [0, 0.1) is 0 Å². The van der Waals surface area contributed by atoms with Crippen molar-refractivity contribution in [2.45, 2.75) is 17.3 Å². The smallest absolute Gasteiger partial charge is 0.330 e. The third-order valence-corrected chi connectivity index (χ3v) is 10.1. The maximum absolute atomic E-state index is 11.5. The molecule has 6 nitrogen and oxygen atoms in total. The van der Waals surface area contributed by atoms with E-state index in [4.69, 9.17) is 18.9 Å². The monoisotopic (exact) mass is 728 g/mol. The summed E-state index contributed by atoms with van der Waals surface area (Å²) in [5.41, 5.74) is 6.01. The molecule has 6 heteroatoms. The van der Waals surface area contributed by atoms with E-state index in [9.17, 15) is 9.59 Å². The molecule has 7 rings (SSSR count). The van der Waals surface area contributed by atoms with Crippen LogP contribution >= 0.6 is 0 Å². The summed E-state index contributed by atoms with van der Waals surface area (Å²) in [5.74, 6) is 0.388. The number of hydrogen-bond acceptors (Lipinski definition) is 6. The fraction of sp³-hybridized carbons (Fsp3) is 0.143. The van der Waals surface area contributed by atoms with Crippen LogP contribution in [0.1, 0.15) is 39.8 Å². The molecule has 0 heterocycles. The topological polar surface area (TPSA) is 71.1 Å². The van der Waals surface area contributed by atoms with Crippen LogP contribution in [0.2, 0.25) is 0 Å². The van der Waals surface area contributed by atoms with Gasteiger partial charge in [-0.05, 0) is 87.0 Å². The second-order valence-electron chi connectivity index (χ2n) is 13.0. The van der Waals surface area contributed by atoms with Gasteiger partial charge < -0.3 is 18.9 Å². The summed E-state index contributed by atoms with van der Waals surface area (Å²) in [6.45, 7) is 13.6. The Bertz CT molecular complexity index is 2130. The van der Waals surface area contributed by atoms with E-state index in [1.54, 1.807) is 0 Å². The van der Waals surface area contributed by atoms with Gasteiger partial charge in [-0.25, -0.2) is 9.59 Å². The van der Waals surface area contributed by atoms with E-state index in [0.29, 0.717) is 11.5 Å². The second-order valence-corrected chi connectivity index (χ2v) is 13.0. The van der Waals surface area contributed by atoms with Crippen LogP contribution in [0.15, 0.2) is 184 Å². The van der Waals surface area contributed by atoms with E-state index in [0.717, 1.165) is 35.1 Å². The molecule has 0 amide bonds. The largest absolute Gasteiger partial charge is 0.490 e. The molecule has 0 radical (unpaired) electrons. The van der Waals surface area contributed by atoms with Crippen LogP contribution in [0.5, 0.6) is 11.5 Å². The minimum Gasteiger partial charge on any atom is -0.490 e. The molecular weight excluding hydrogens is 685 g/mol. The highest BCUT2D eigenvalue weighted by Gasteiger charge is 2.55. The van der Waals surface area contributed by atoms with Crippen molar-refractivity contribution in [3.8, 4) is 11.5 Å². The molecule has 1 aliphatic carbocycles. The molecule has 0 atom stereocenters. The van der Waals surface area contributed by atoms with Gasteiger partial charge in [0.1, 0.15) is 37.9 Å². The Labute approximate surface area is 323 Å². The standard InChI is InChI=1S/C47H40O6.C2H4/c1-3-44(48)52-29-27-50-40-23-19-38(20-24-40)47(39-21-25-41(26-22-39)51-28-30-53-45(49)4-2)33-46(36-15-7-5-8-16-36,37-17-9-6-10-18-37)42-31-34-13-11-12-14-35(34)32-43(42)47;1-2/h3-26,31-32H,1-2,27-30,33H2;1-2H2. The van der Waals surface area contributed by atoms with Gasteiger partial charge in [0.2, 0.25) is 0 Å². The minimum atomic E-state index is -0.610. The van der Waals surface area contributed by atoms with Crippen molar-refractivity contribution in [3.63, 3.8) is 0 Å². The number of hydrogen-bond donors (Lipinski definition) is 0. The van der Waals surface area contributed by atoms with Gasteiger partial charge in [0, 0.05) is 23.0 Å². The molecule has 6 aromatic carbocycles. The lowest BCUT2D eigenvalue weighted by atomic mass is 9.64. The van der Waals surface area contributed by atoms with Crippen LogP contribution in [0.25, 0.3) is 10.8 Å². The molecule has 0 spiro atoms. The number of ether oxygens (including phenoxy) is 4. The van der Waals surface area contributed by atoms with Gasteiger partial charge >= 0.3 is 11.9 Å². The first-order valence-corrected chi connectivity index (χ1v) is 18.2. The van der Waals surface area contributed by atoms with Gasteiger partial charge in [0.05, 0.1) is 0 Å². The number of esters is 2. The van der Waals surface area contributed by atoms with Crippen molar-refractivity contribution in [2.75, 3.05) is 26.4 Å². The zero-order chi connectivity index (χ0) is 38.7. The van der Waals surface area contributed by atoms with Crippen LogP contribution in [-0.2, 0) is 29.9 Å². The highest BCUT2D eigenvalue weighted by Crippen LogP contribution is 2.62. The number of benzene rings is 6. The Morgan fingerprint density at radius 2 is 0.836 bits per heavy atom. The molecule has 0 fully saturated rings. The molecule has 0 saturated heterocycles. The Morgan fingerprint density at radius 3 is 1.20 bits per heavy atom. The van der Waals surface area contributed by atoms with E-state index in [1.165, 1.54) is 27.6 Å². The predicted octanol–water partition coefficient (Wildman–Crippen LogP) is 9.93. The summed E-state index contributed by atoms with van der Waals surface area (Å²) in [4.78, 5) is 23.0. The maximum Gasteiger partial charge on any atom is 0.330 e. The molecule has 0 bridgehead atoms. The minimum absolute atomic E-state index is 0.124. The normalized spacial score (nSPS) is 13.3. The Balaban J connectivity index is 0.00000253. The molecule has 1 aliphatic rings. The molecule has 276 valence electrons. The summed E-state index contributed by atoms with van der Waals surface area (Å²) in [7, 11) is 0. The van der Waals surface area contributed by atoms with Crippen molar-refractivity contribution < 1.29 is 28.5 Å². The Morgan fingerprint density at radius 1 is 0.491 bits per heavy atom. The molecule has 55 heavy (non-hydrogen) atoms. The second kappa shape index (κ2) is 17.4. The Hall–Kier alpha value is -6.66. The fourth-order valence-electron chi connectivity index (χ4n) is 7.74. The van der Waals surface area contributed by atoms with E-state index < -0.39 is 22.8 Å². The molecular formula is C49H44O6. The van der Waals surface area contributed by atoms with Crippen molar-refractivity contribution in [2.24, 2.45) is 0 Å². The number of fused-ring (bicyclic) bond motifs is 2. The van der Waals surface area contributed by atoms with Crippen molar-refractivity contribution >= 4 is 22.7 Å². The third kappa shape index (κ3) is 7.71. The molecule has 6 aromatic rings. The van der Waals surface area contributed by atoms with E-state index in [1.807, 2.05) is 24.3 Å². The lowest BCUT2D eigenvalue weighted by Gasteiger charge is -2.37. The number of carbonyl (C=O) groups is 2. The average molecular weight is 729 g/mol. The Kier molecular flexibility index (Phi) is 12.1. The summed E-state index contributed by atoms with van der Waals surface area (Å²) >= 11 is 0. The van der Waals surface area contributed by atoms with E-state index in [2.05, 4.69) is 148 Å². The van der Waals surface area contributed by atoms with Crippen molar-refractivity contribution in [1.29, 1.82) is 0 Å². The van der Waals surface area contributed by atoms with Crippen LogP contribution in [0.3, 0.4) is 0 Å². The van der Waals surface area contributed by atoms with Gasteiger partial charge in [-0.2, -0.15) is 0 Å². The first-order valence-electron chi connectivity index (χ1n) is 18.2. The first-order chi connectivity index (χ1) is 27.0. The zero-order valence-corrected chi connectivity index (χ0v) is 30.8. The first kappa shape index (κ1) is 38.1. The summed E-state index contributed by atoms with van der Waals surface area (Å²) < 4.78 is 22.2. The van der Waals surface area contributed by atoms with E-state index in [-0.39, 0.29) is 26.4 Å². The molecule has 0 aromatic heterocycles. The number of rotatable bonds is 14. The highest BCUT2D eigenvalue weighted by atomic mass is 16.6. The quantitative estimate of drug-likeness (QED) is 0.0482. The lowest BCUT2D eigenvalue weighted by Crippen LogP contribution is -2.33. The van der Waals surface area contributed by atoms with Gasteiger partial charge in [0.25, 0.3) is 0 Å². The van der Waals surface area contributed by atoms with Crippen molar-refractivity contribution in [3.05, 3.63) is 217 Å². The van der Waals surface area contributed by atoms with Gasteiger partial charge in [-0.15, -0.1) is 13.2 Å². The van der Waals surface area contributed by atoms with Gasteiger partial charge in [-0.1, -0.05) is 122 Å². The number of carbonyl (C=O) groups excluding carboxylic acids is 2. The van der Waals surface area contributed by atoms with E-state index >= 15 is 0 Å². The van der Waals surface area contributed by atoms with Crippen LogP contribution < -0.4 is 9.47 Å². The third-order valence-electron chi connectivity index (χ3n) is 10.1. The molecule has 0 unspecified atom stereocenters. The fourth-order valence-corrected chi connectivity index (χ4v) is 7.74. The summed E-state index contributed by atoms with van der Waals surface area (Å²) in [6, 6.07) is 51.4. The average Bonchev–Trinajstić information content (AvgIpc) is 3.56. The van der Waals surface area contributed by atoms with Crippen LogP contribution in [-0.4, -0.2) is 38.4 Å². The molecule has 0 saturated carbocycles. The predicted molar refractivity (Wildman–Crippen MR) is 219 cm³/mol. The SMILES string of the molecule is C=C.C=CC(=O)OCCOc1ccc(C2(c3ccc(OCCOC(=O)C=C)cc3)CC(c3ccccc3)(c3ccccc3)c3cc4ccccc4cc32)cc1. The summed E-state index contributed by atoms with van der Waals surface area (Å²) in [6.07, 6.45) is 3.00. The summed E-state index contributed by atoms with van der Waals surface area (Å²) in [5, 5.41) is 2.34. The zero-order valence-electron chi connectivity index (χ0n) is 30.8. The van der Waals surface area contributed by atoms with Crippen molar-refractivity contribution in [1.82, 2.24) is 0 Å². The van der Waals surface area contributed by atoms with Gasteiger partial charge in [0.15, 0.2) is 0 Å². The molecule has 0 N–H and O–H groups in total. The highest BCUT2D eigenvalue weighted by molar-refractivity contribution is 5.87.